The van der Waals surface area contributed by atoms with Crippen LogP contribution in [0.15, 0.2) is 203 Å². The van der Waals surface area contributed by atoms with Crippen molar-refractivity contribution in [3.05, 3.63) is 194 Å². The monoisotopic (exact) mass is 740 g/mol. The Morgan fingerprint density at radius 3 is 1.47 bits per heavy atom. The van der Waals surface area contributed by atoms with Crippen LogP contribution in [0.5, 0.6) is 0 Å². The molecule has 58 heavy (non-hydrogen) atoms. The molecule has 0 radical (unpaired) electrons. The van der Waals surface area contributed by atoms with Gasteiger partial charge < -0.3 is 18.0 Å². The van der Waals surface area contributed by atoms with Crippen LogP contribution in [-0.2, 0) is 0 Å². The molecule has 0 unspecified atom stereocenters. The fraction of sp³-hybridized carbons (Fsp3) is 0. The molecule has 4 aromatic heterocycles. The van der Waals surface area contributed by atoms with Gasteiger partial charge in [0.05, 0.1) is 22.1 Å². The second-order valence-corrected chi connectivity index (χ2v) is 15.2. The van der Waals surface area contributed by atoms with Crippen LogP contribution in [0.2, 0.25) is 0 Å². The van der Waals surface area contributed by atoms with Gasteiger partial charge in [-0.05, 0) is 101 Å². The van der Waals surface area contributed by atoms with Gasteiger partial charge in [0, 0.05) is 54.5 Å². The quantitative estimate of drug-likeness (QED) is 0.180. The van der Waals surface area contributed by atoms with Crippen molar-refractivity contribution in [3.8, 4) is 33.6 Å². The van der Waals surface area contributed by atoms with E-state index in [1.807, 2.05) is 24.3 Å². The van der Waals surface area contributed by atoms with Crippen molar-refractivity contribution in [2.24, 2.45) is 0 Å². The van der Waals surface area contributed by atoms with Gasteiger partial charge in [0.1, 0.15) is 22.3 Å². The molecule has 0 aliphatic rings. The number of aromatic nitrogens is 2. The second-order valence-electron chi connectivity index (χ2n) is 15.2. The summed E-state index contributed by atoms with van der Waals surface area (Å²) in [6.07, 6.45) is 0. The lowest BCUT2D eigenvalue weighted by Crippen LogP contribution is -1.95. The van der Waals surface area contributed by atoms with Crippen LogP contribution in [0.1, 0.15) is 0 Å². The van der Waals surface area contributed by atoms with Crippen LogP contribution in [0, 0.1) is 0 Å². The minimum Gasteiger partial charge on any atom is -0.456 e. The molecular formula is C54H32N2O2. The summed E-state index contributed by atoms with van der Waals surface area (Å²) in [7, 11) is 0. The van der Waals surface area contributed by atoms with Gasteiger partial charge in [0.2, 0.25) is 0 Å². The first-order valence-corrected chi connectivity index (χ1v) is 19.8. The largest absolute Gasteiger partial charge is 0.456 e. The van der Waals surface area contributed by atoms with Crippen molar-refractivity contribution >= 4 is 87.5 Å². The smallest absolute Gasteiger partial charge is 0.135 e. The molecule has 0 N–H and O–H groups in total. The highest BCUT2D eigenvalue weighted by molar-refractivity contribution is 6.20. The summed E-state index contributed by atoms with van der Waals surface area (Å²) in [5, 5.41) is 9.34. The van der Waals surface area contributed by atoms with Crippen molar-refractivity contribution in [2.45, 2.75) is 0 Å². The lowest BCUT2D eigenvalue weighted by Gasteiger charge is -2.15. The second kappa shape index (κ2) is 11.8. The number of nitrogens with zero attached hydrogens (tertiary/aromatic N) is 2. The molecule has 0 amide bonds. The lowest BCUT2D eigenvalue weighted by molar-refractivity contribution is 0.668. The zero-order chi connectivity index (χ0) is 37.9. The lowest BCUT2D eigenvalue weighted by atomic mass is 9.90. The van der Waals surface area contributed by atoms with Gasteiger partial charge in [0.25, 0.3) is 0 Å². The van der Waals surface area contributed by atoms with E-state index in [4.69, 9.17) is 8.83 Å². The van der Waals surface area contributed by atoms with Crippen molar-refractivity contribution < 1.29 is 8.83 Å². The summed E-state index contributed by atoms with van der Waals surface area (Å²) in [6, 6.07) is 69.8. The van der Waals surface area contributed by atoms with Gasteiger partial charge >= 0.3 is 0 Å². The molecule has 270 valence electrons. The maximum absolute atomic E-state index is 6.25. The van der Waals surface area contributed by atoms with E-state index in [2.05, 4.69) is 179 Å². The Bertz CT molecular complexity index is 3800. The minimum absolute atomic E-state index is 0.892. The number of fused-ring (bicyclic) bond motifs is 12. The molecule has 4 heteroatoms. The minimum atomic E-state index is 0.892. The average molecular weight is 741 g/mol. The van der Waals surface area contributed by atoms with E-state index in [0.717, 1.165) is 71.8 Å². The molecule has 0 bridgehead atoms. The zero-order valence-electron chi connectivity index (χ0n) is 31.2. The van der Waals surface area contributed by atoms with Gasteiger partial charge in [-0.3, -0.25) is 0 Å². The van der Waals surface area contributed by atoms with E-state index in [-0.39, 0.29) is 0 Å². The Morgan fingerprint density at radius 1 is 0.276 bits per heavy atom. The maximum atomic E-state index is 6.25. The molecule has 0 fully saturated rings. The Hall–Kier alpha value is -7.82. The Labute approximate surface area is 332 Å². The van der Waals surface area contributed by atoms with E-state index < -0.39 is 0 Å². The van der Waals surface area contributed by atoms with Gasteiger partial charge in [-0.25, -0.2) is 0 Å². The fourth-order valence-electron chi connectivity index (χ4n) is 9.60. The molecule has 0 saturated heterocycles. The molecule has 13 aromatic rings. The van der Waals surface area contributed by atoms with Crippen molar-refractivity contribution in [1.82, 2.24) is 9.13 Å². The highest BCUT2D eigenvalue weighted by Gasteiger charge is 2.22. The van der Waals surface area contributed by atoms with E-state index in [0.29, 0.717) is 0 Å². The van der Waals surface area contributed by atoms with E-state index in [1.54, 1.807) is 0 Å². The molecule has 0 spiro atoms. The molecule has 9 aromatic carbocycles. The number of rotatable bonds is 4. The van der Waals surface area contributed by atoms with Gasteiger partial charge in [-0.15, -0.1) is 0 Å². The van der Waals surface area contributed by atoms with Gasteiger partial charge in [-0.1, -0.05) is 115 Å². The molecule has 0 atom stereocenters. The van der Waals surface area contributed by atoms with Crippen molar-refractivity contribution in [2.75, 3.05) is 0 Å². The van der Waals surface area contributed by atoms with Gasteiger partial charge in [0.15, 0.2) is 0 Å². The highest BCUT2D eigenvalue weighted by Crippen LogP contribution is 2.46. The Balaban J connectivity index is 1.11. The molecule has 13 rings (SSSR count). The number of hydrogen-bond acceptors (Lipinski definition) is 2. The molecule has 4 heterocycles. The highest BCUT2D eigenvalue weighted by atomic mass is 16.3. The molecule has 0 aliphatic carbocycles. The SMILES string of the molecule is c1ccc(-c2cc3c(cc2-c2cccc4c2c2ccccc2n4-c2ccc4oc5ccccc5c4c2)c2ccccc2n3-c2ccc3oc4ccccc4c3c2)cc1. The summed E-state index contributed by atoms with van der Waals surface area (Å²) in [4.78, 5) is 0. The number of furan rings is 2. The van der Waals surface area contributed by atoms with Crippen LogP contribution in [0.4, 0.5) is 0 Å². The molecule has 0 saturated carbocycles. The predicted octanol–water partition coefficient (Wildman–Crippen LogP) is 15.0. The molecular weight excluding hydrogens is 709 g/mol. The fourth-order valence-corrected chi connectivity index (χ4v) is 9.60. The normalized spacial score (nSPS) is 12.1. The number of para-hydroxylation sites is 4. The molecule has 4 nitrogen and oxygen atoms in total. The third kappa shape index (κ3) is 4.40. The third-order valence-electron chi connectivity index (χ3n) is 12.1. The summed E-state index contributed by atoms with van der Waals surface area (Å²) >= 11 is 0. The van der Waals surface area contributed by atoms with Crippen LogP contribution in [-0.4, -0.2) is 9.13 Å². The van der Waals surface area contributed by atoms with E-state index in [1.165, 1.54) is 49.3 Å². The summed E-state index contributed by atoms with van der Waals surface area (Å²) in [5.74, 6) is 0. The van der Waals surface area contributed by atoms with Crippen LogP contribution < -0.4 is 0 Å². The Kier molecular flexibility index (Phi) is 6.41. The maximum Gasteiger partial charge on any atom is 0.135 e. The standard InChI is InChI=1S/C54H32N2O2/c1-2-13-33(14-3-1)41-32-49-43(36-15-4-8-20-46(36)56(49)35-26-28-53-45(30-35)38-17-7-11-24-51(38)58-53)31-42(41)39-19-12-22-48-54(39)40-18-5-9-21-47(40)55(48)34-25-27-52-44(29-34)37-16-6-10-23-50(37)57-52/h1-32H. The average Bonchev–Trinajstić information content (AvgIpc) is 4.03. The van der Waals surface area contributed by atoms with Crippen molar-refractivity contribution in [3.63, 3.8) is 0 Å². The topological polar surface area (TPSA) is 36.1 Å². The summed E-state index contributed by atoms with van der Waals surface area (Å²) in [5.41, 5.74) is 15.2. The van der Waals surface area contributed by atoms with Crippen LogP contribution >= 0.6 is 0 Å². The van der Waals surface area contributed by atoms with E-state index in [9.17, 15) is 0 Å². The van der Waals surface area contributed by atoms with E-state index >= 15 is 0 Å². The Morgan fingerprint density at radius 2 is 0.793 bits per heavy atom. The van der Waals surface area contributed by atoms with Gasteiger partial charge in [-0.2, -0.15) is 0 Å². The van der Waals surface area contributed by atoms with Crippen molar-refractivity contribution in [1.29, 1.82) is 0 Å². The number of benzene rings is 9. The first-order valence-electron chi connectivity index (χ1n) is 19.8. The van der Waals surface area contributed by atoms with Crippen LogP contribution in [0.25, 0.3) is 121 Å². The zero-order valence-corrected chi connectivity index (χ0v) is 31.2. The first-order chi connectivity index (χ1) is 28.8. The third-order valence-corrected chi connectivity index (χ3v) is 12.1. The van der Waals surface area contributed by atoms with Crippen LogP contribution in [0.3, 0.4) is 0 Å². The number of hydrogen-bond donors (Lipinski definition) is 0. The molecule has 0 aliphatic heterocycles. The first kappa shape index (κ1) is 31.4. The predicted molar refractivity (Wildman–Crippen MR) is 241 cm³/mol. The summed E-state index contributed by atoms with van der Waals surface area (Å²) < 4.78 is 17.3. The summed E-state index contributed by atoms with van der Waals surface area (Å²) in [6.45, 7) is 0.